The van der Waals surface area contributed by atoms with Gasteiger partial charge in [0.1, 0.15) is 0 Å². The molecule has 0 aliphatic heterocycles. The van der Waals surface area contributed by atoms with Gasteiger partial charge in [-0.15, -0.1) is 0 Å². The number of benzene rings is 1. The van der Waals surface area contributed by atoms with Crippen LogP contribution in [0.25, 0.3) is 0 Å². The molecule has 0 amide bonds. The maximum atomic E-state index is 12.4. The second-order valence-corrected chi connectivity index (χ2v) is 9.85. The van der Waals surface area contributed by atoms with Gasteiger partial charge in [-0.25, -0.2) is 0 Å². The Morgan fingerprint density at radius 1 is 0.897 bits per heavy atom. The van der Waals surface area contributed by atoms with Crippen molar-refractivity contribution in [3.8, 4) is 0 Å². The number of thioether (sulfide) groups is 1. The summed E-state index contributed by atoms with van der Waals surface area (Å²) in [5.74, 6) is 0.978. The molecule has 29 heavy (non-hydrogen) atoms. The first kappa shape index (κ1) is 26.1. The van der Waals surface area contributed by atoms with Gasteiger partial charge in [0.15, 0.2) is 0 Å². The molecular weight excluding hydrogens is 376 g/mol. The van der Waals surface area contributed by atoms with Crippen molar-refractivity contribution in [1.29, 1.82) is 0 Å². The molecule has 0 saturated carbocycles. The lowest BCUT2D eigenvalue weighted by Crippen LogP contribution is -2.16. The second-order valence-electron chi connectivity index (χ2n) is 8.30. The molecule has 0 bridgehead atoms. The molecule has 0 heterocycles. The van der Waals surface area contributed by atoms with Gasteiger partial charge in [0.2, 0.25) is 0 Å². The number of carbonyl (C=O) groups is 1. The van der Waals surface area contributed by atoms with Gasteiger partial charge in [-0.2, -0.15) is 11.8 Å². The van der Waals surface area contributed by atoms with Crippen molar-refractivity contribution in [1.82, 2.24) is 0 Å². The molecular formula is C26H44O2S. The largest absolute Gasteiger partial charge is 0.469 e. The van der Waals surface area contributed by atoms with E-state index in [4.69, 9.17) is 4.74 Å². The molecule has 0 saturated heterocycles. The normalized spacial score (nSPS) is 13.2. The summed E-state index contributed by atoms with van der Waals surface area (Å²) in [6.45, 7) is 6.78. The van der Waals surface area contributed by atoms with Crippen LogP contribution in [0.3, 0.4) is 0 Å². The average Bonchev–Trinajstić information content (AvgIpc) is 2.74. The Morgan fingerprint density at radius 3 is 2.14 bits per heavy atom. The van der Waals surface area contributed by atoms with Gasteiger partial charge in [-0.3, -0.25) is 4.79 Å². The summed E-state index contributed by atoms with van der Waals surface area (Å²) in [7, 11) is 1.50. The van der Waals surface area contributed by atoms with Gasteiger partial charge < -0.3 is 4.74 Å². The van der Waals surface area contributed by atoms with Gasteiger partial charge in [-0.05, 0) is 49.0 Å². The van der Waals surface area contributed by atoms with Crippen molar-refractivity contribution in [2.75, 3.05) is 12.9 Å². The van der Waals surface area contributed by atoms with Crippen LogP contribution in [0.5, 0.6) is 0 Å². The molecule has 2 nitrogen and oxygen atoms in total. The fourth-order valence-corrected chi connectivity index (χ4v) is 4.84. The van der Waals surface area contributed by atoms with Crippen LogP contribution in [0.1, 0.15) is 108 Å². The zero-order valence-corrected chi connectivity index (χ0v) is 20.2. The molecule has 0 aliphatic carbocycles. The van der Waals surface area contributed by atoms with Crippen molar-refractivity contribution in [2.45, 2.75) is 109 Å². The first-order valence-corrected chi connectivity index (χ1v) is 12.9. The number of carbonyl (C=O) groups excluding carboxylic acids is 1. The molecule has 0 N–H and O–H groups in total. The Bertz CT molecular complexity index is 526. The van der Waals surface area contributed by atoms with Crippen molar-refractivity contribution < 1.29 is 9.53 Å². The Labute approximate surface area is 184 Å². The van der Waals surface area contributed by atoms with Crippen LogP contribution in [0.4, 0.5) is 0 Å². The SMILES string of the molecule is CCCCCCCCCc1ccc(C(CCC(C)SCCCC)C(=O)OC)cc1. The number of aryl methyl sites for hydroxylation is 1. The molecule has 3 heteroatoms. The number of esters is 1. The highest BCUT2D eigenvalue weighted by atomic mass is 32.2. The summed E-state index contributed by atoms with van der Waals surface area (Å²) in [6.07, 6.45) is 15.0. The summed E-state index contributed by atoms with van der Waals surface area (Å²) < 4.78 is 5.10. The van der Waals surface area contributed by atoms with Crippen molar-refractivity contribution >= 4 is 17.7 Å². The van der Waals surface area contributed by atoms with E-state index in [-0.39, 0.29) is 11.9 Å². The molecule has 1 aromatic rings. The maximum Gasteiger partial charge on any atom is 0.313 e. The molecule has 2 unspecified atom stereocenters. The minimum Gasteiger partial charge on any atom is -0.469 e. The van der Waals surface area contributed by atoms with Crippen LogP contribution in [0.2, 0.25) is 0 Å². The summed E-state index contributed by atoms with van der Waals surface area (Å²) in [4.78, 5) is 12.4. The van der Waals surface area contributed by atoms with Crippen molar-refractivity contribution in [3.63, 3.8) is 0 Å². The lowest BCUT2D eigenvalue weighted by atomic mass is 9.92. The highest BCUT2D eigenvalue weighted by Crippen LogP contribution is 2.27. The van der Waals surface area contributed by atoms with E-state index < -0.39 is 0 Å². The molecule has 0 spiro atoms. The van der Waals surface area contributed by atoms with Crippen LogP contribution >= 0.6 is 11.8 Å². The topological polar surface area (TPSA) is 26.3 Å². The molecule has 0 aliphatic rings. The molecule has 1 rings (SSSR count). The fourth-order valence-electron chi connectivity index (χ4n) is 3.68. The van der Waals surface area contributed by atoms with Crippen LogP contribution in [-0.4, -0.2) is 24.1 Å². The first-order chi connectivity index (χ1) is 14.1. The molecule has 0 aromatic heterocycles. The molecule has 0 fully saturated rings. The summed E-state index contributed by atoms with van der Waals surface area (Å²) in [6, 6.07) is 8.71. The maximum absolute atomic E-state index is 12.4. The molecule has 166 valence electrons. The predicted octanol–water partition coefficient (Wildman–Crippen LogP) is 7.94. The van der Waals surface area contributed by atoms with E-state index in [1.807, 2.05) is 11.8 Å². The second kappa shape index (κ2) is 16.8. The van der Waals surface area contributed by atoms with Gasteiger partial charge in [0.05, 0.1) is 13.0 Å². The highest BCUT2D eigenvalue weighted by Gasteiger charge is 2.22. The standard InChI is InChI=1S/C26H44O2S/c1-5-7-9-10-11-12-13-14-23-16-18-24(19-17-23)25(26(27)28-4)20-15-22(3)29-21-8-6-2/h16-19,22,25H,5-15,20-21H2,1-4H3. The van der Waals surface area contributed by atoms with E-state index in [2.05, 4.69) is 45.0 Å². The number of unbranched alkanes of at least 4 members (excludes halogenated alkanes) is 7. The third-order valence-corrected chi connectivity index (χ3v) is 7.03. The Kier molecular flexibility index (Phi) is 15.1. The zero-order chi connectivity index (χ0) is 21.3. The van der Waals surface area contributed by atoms with Crippen LogP contribution < -0.4 is 0 Å². The number of hydrogen-bond acceptors (Lipinski definition) is 3. The van der Waals surface area contributed by atoms with Gasteiger partial charge in [0.25, 0.3) is 0 Å². The Morgan fingerprint density at radius 2 is 1.52 bits per heavy atom. The number of methoxy groups -OCH3 is 1. The van der Waals surface area contributed by atoms with Crippen LogP contribution in [0, 0.1) is 0 Å². The quantitative estimate of drug-likeness (QED) is 0.189. The highest BCUT2D eigenvalue weighted by molar-refractivity contribution is 7.99. The van der Waals surface area contributed by atoms with Gasteiger partial charge >= 0.3 is 5.97 Å². The van der Waals surface area contributed by atoms with Gasteiger partial charge in [-0.1, -0.05) is 90.0 Å². The van der Waals surface area contributed by atoms with E-state index in [1.54, 1.807) is 0 Å². The van der Waals surface area contributed by atoms with E-state index in [0.717, 1.165) is 24.8 Å². The van der Waals surface area contributed by atoms with Crippen LogP contribution in [0.15, 0.2) is 24.3 Å². The smallest absolute Gasteiger partial charge is 0.313 e. The monoisotopic (exact) mass is 420 g/mol. The number of hydrogen-bond donors (Lipinski definition) is 0. The zero-order valence-electron chi connectivity index (χ0n) is 19.4. The lowest BCUT2D eigenvalue weighted by molar-refractivity contribution is -0.142. The third-order valence-electron chi connectivity index (χ3n) is 5.70. The third kappa shape index (κ3) is 11.7. The van der Waals surface area contributed by atoms with Crippen molar-refractivity contribution in [3.05, 3.63) is 35.4 Å². The van der Waals surface area contributed by atoms with E-state index in [0.29, 0.717) is 5.25 Å². The molecule has 2 atom stereocenters. The minimum atomic E-state index is -0.137. The van der Waals surface area contributed by atoms with Crippen molar-refractivity contribution in [2.24, 2.45) is 0 Å². The average molecular weight is 421 g/mol. The Balaban J connectivity index is 2.46. The summed E-state index contributed by atoms with van der Waals surface area (Å²) in [5.41, 5.74) is 2.49. The first-order valence-electron chi connectivity index (χ1n) is 11.9. The Hall–Kier alpha value is -0.960. The van der Waals surface area contributed by atoms with E-state index in [9.17, 15) is 4.79 Å². The number of rotatable bonds is 17. The minimum absolute atomic E-state index is 0.101. The number of ether oxygens (including phenoxy) is 1. The molecule has 1 aromatic carbocycles. The van der Waals surface area contributed by atoms with E-state index in [1.165, 1.54) is 76.2 Å². The molecule has 0 radical (unpaired) electrons. The van der Waals surface area contributed by atoms with E-state index >= 15 is 0 Å². The predicted molar refractivity (Wildman–Crippen MR) is 129 cm³/mol. The fraction of sp³-hybridized carbons (Fsp3) is 0.731. The van der Waals surface area contributed by atoms with Gasteiger partial charge in [0, 0.05) is 5.25 Å². The summed E-state index contributed by atoms with van der Waals surface area (Å²) in [5, 5.41) is 0.588. The van der Waals surface area contributed by atoms with Crippen LogP contribution in [-0.2, 0) is 16.0 Å². The lowest BCUT2D eigenvalue weighted by Gasteiger charge is -2.18. The summed E-state index contributed by atoms with van der Waals surface area (Å²) >= 11 is 2.02.